The average molecular weight is 492 g/mol. The highest BCUT2D eigenvalue weighted by Crippen LogP contribution is 2.38. The number of nitrogens with zero attached hydrogens (tertiary/aromatic N) is 1. The van der Waals surface area contributed by atoms with Crippen LogP contribution in [-0.2, 0) is 16.1 Å². The molecule has 0 aliphatic carbocycles. The number of ether oxygens (including phenoxy) is 3. The van der Waals surface area contributed by atoms with Gasteiger partial charge in [0.15, 0.2) is 11.5 Å². The van der Waals surface area contributed by atoms with Crippen molar-refractivity contribution in [2.75, 3.05) is 27.4 Å². The first-order valence-corrected chi connectivity index (χ1v) is 10.8. The van der Waals surface area contributed by atoms with E-state index in [0.29, 0.717) is 35.2 Å². The third kappa shape index (κ3) is 5.24. The highest BCUT2D eigenvalue weighted by atomic mass is 79.9. The van der Waals surface area contributed by atoms with Crippen molar-refractivity contribution >= 4 is 44.9 Å². The average Bonchev–Trinajstić information content (AvgIpc) is 2.99. The van der Waals surface area contributed by atoms with Gasteiger partial charge in [-0.3, -0.25) is 14.5 Å². The number of halogens is 1. The van der Waals surface area contributed by atoms with Crippen molar-refractivity contribution < 1.29 is 23.8 Å². The Morgan fingerprint density at radius 2 is 1.93 bits per heavy atom. The first kappa shape index (κ1) is 22.4. The van der Waals surface area contributed by atoms with Crippen LogP contribution in [0.1, 0.15) is 16.7 Å². The third-order valence-corrected chi connectivity index (χ3v) is 6.03. The standard InChI is InChI=1S/C22H22BrNO5S/c1-14-5-4-6-15(9-14)13-29-19-12-17(23)16(10-18(19)28-3)11-20-21(25)24(7-8-27-2)22(26)30-20/h4-6,9-12H,7-8,13H2,1-3H3/b20-11+. The number of imide groups is 1. The van der Waals surface area contributed by atoms with Crippen molar-refractivity contribution in [3.05, 3.63) is 62.5 Å². The summed E-state index contributed by atoms with van der Waals surface area (Å²) in [6.07, 6.45) is 1.68. The van der Waals surface area contributed by atoms with E-state index in [4.69, 9.17) is 14.2 Å². The number of rotatable bonds is 8. The molecule has 1 aliphatic rings. The van der Waals surface area contributed by atoms with E-state index in [2.05, 4.69) is 22.0 Å². The number of aryl methyl sites for hydroxylation is 1. The number of carbonyl (C=O) groups excluding carboxylic acids is 2. The monoisotopic (exact) mass is 491 g/mol. The number of benzene rings is 2. The maximum Gasteiger partial charge on any atom is 0.293 e. The first-order chi connectivity index (χ1) is 14.4. The van der Waals surface area contributed by atoms with E-state index >= 15 is 0 Å². The van der Waals surface area contributed by atoms with Gasteiger partial charge < -0.3 is 14.2 Å². The van der Waals surface area contributed by atoms with Gasteiger partial charge in [-0.2, -0.15) is 0 Å². The highest BCUT2D eigenvalue weighted by molar-refractivity contribution is 9.10. The SMILES string of the molecule is COCCN1C(=O)S/C(=C/c2cc(OC)c(OCc3cccc(C)c3)cc2Br)C1=O. The minimum Gasteiger partial charge on any atom is -0.493 e. The zero-order valence-corrected chi connectivity index (χ0v) is 19.3. The van der Waals surface area contributed by atoms with E-state index in [1.165, 1.54) is 17.6 Å². The summed E-state index contributed by atoms with van der Waals surface area (Å²) in [6.45, 7) is 2.97. The number of methoxy groups -OCH3 is 2. The summed E-state index contributed by atoms with van der Waals surface area (Å²) in [5.41, 5.74) is 2.94. The van der Waals surface area contributed by atoms with Crippen LogP contribution >= 0.6 is 27.7 Å². The molecule has 1 saturated heterocycles. The summed E-state index contributed by atoms with van der Waals surface area (Å²) in [4.78, 5) is 26.2. The van der Waals surface area contributed by atoms with E-state index < -0.39 is 0 Å². The Morgan fingerprint density at radius 3 is 2.63 bits per heavy atom. The molecule has 0 N–H and O–H groups in total. The fourth-order valence-corrected chi connectivity index (χ4v) is 4.21. The van der Waals surface area contributed by atoms with Gasteiger partial charge in [0.2, 0.25) is 0 Å². The van der Waals surface area contributed by atoms with E-state index in [0.717, 1.165) is 21.8 Å². The van der Waals surface area contributed by atoms with Crippen molar-refractivity contribution in [1.29, 1.82) is 0 Å². The number of thioether (sulfide) groups is 1. The molecular weight excluding hydrogens is 470 g/mol. The minimum atomic E-state index is -0.326. The van der Waals surface area contributed by atoms with Crippen LogP contribution in [0.3, 0.4) is 0 Å². The molecule has 3 rings (SSSR count). The molecule has 1 heterocycles. The van der Waals surface area contributed by atoms with Crippen molar-refractivity contribution in [3.8, 4) is 11.5 Å². The summed E-state index contributed by atoms with van der Waals surface area (Å²) < 4.78 is 17.1. The zero-order chi connectivity index (χ0) is 21.7. The van der Waals surface area contributed by atoms with Crippen molar-refractivity contribution in [1.82, 2.24) is 4.90 Å². The van der Waals surface area contributed by atoms with Crippen LogP contribution in [0, 0.1) is 6.92 Å². The van der Waals surface area contributed by atoms with Gasteiger partial charge in [-0.15, -0.1) is 0 Å². The predicted molar refractivity (Wildman–Crippen MR) is 121 cm³/mol. The fourth-order valence-electron chi connectivity index (χ4n) is 2.91. The van der Waals surface area contributed by atoms with Crippen LogP contribution in [0.15, 0.2) is 45.8 Å². The van der Waals surface area contributed by atoms with Crippen molar-refractivity contribution in [2.45, 2.75) is 13.5 Å². The van der Waals surface area contributed by atoms with E-state index in [1.807, 2.05) is 25.1 Å². The topological polar surface area (TPSA) is 65.1 Å². The van der Waals surface area contributed by atoms with Crippen LogP contribution in [0.2, 0.25) is 0 Å². The van der Waals surface area contributed by atoms with Gasteiger partial charge >= 0.3 is 0 Å². The van der Waals surface area contributed by atoms with Gasteiger partial charge in [-0.25, -0.2) is 0 Å². The normalized spacial score (nSPS) is 15.2. The van der Waals surface area contributed by atoms with Crippen molar-refractivity contribution in [2.24, 2.45) is 0 Å². The molecule has 0 bridgehead atoms. The molecule has 0 aromatic heterocycles. The van der Waals surface area contributed by atoms with Gasteiger partial charge in [-0.05, 0) is 48.0 Å². The van der Waals surface area contributed by atoms with Crippen molar-refractivity contribution in [3.63, 3.8) is 0 Å². The molecule has 1 fully saturated rings. The molecule has 0 unspecified atom stereocenters. The minimum absolute atomic E-state index is 0.231. The number of amides is 2. The summed E-state index contributed by atoms with van der Waals surface area (Å²) in [7, 11) is 3.09. The predicted octanol–water partition coefficient (Wildman–Crippen LogP) is 5.03. The Morgan fingerprint density at radius 1 is 1.13 bits per heavy atom. The molecule has 2 aromatic rings. The molecule has 30 heavy (non-hydrogen) atoms. The molecule has 2 aromatic carbocycles. The number of hydrogen-bond donors (Lipinski definition) is 0. The number of carbonyl (C=O) groups is 2. The van der Waals surface area contributed by atoms with Crippen LogP contribution < -0.4 is 9.47 Å². The Labute approximate surface area is 188 Å². The smallest absolute Gasteiger partial charge is 0.293 e. The lowest BCUT2D eigenvalue weighted by Crippen LogP contribution is -2.31. The van der Waals surface area contributed by atoms with Crippen LogP contribution in [0.4, 0.5) is 4.79 Å². The Kier molecular flexibility index (Phi) is 7.58. The van der Waals surface area contributed by atoms with Gasteiger partial charge in [-0.1, -0.05) is 45.8 Å². The molecule has 8 heteroatoms. The second-order valence-electron chi connectivity index (χ2n) is 6.63. The Hall–Kier alpha value is -2.29. The van der Waals surface area contributed by atoms with Gasteiger partial charge in [0.1, 0.15) is 6.61 Å². The Balaban J connectivity index is 1.81. The van der Waals surface area contributed by atoms with Crippen LogP contribution in [0.5, 0.6) is 11.5 Å². The summed E-state index contributed by atoms with van der Waals surface area (Å²) in [5.74, 6) is 0.791. The Bertz CT molecular complexity index is 991. The molecule has 0 radical (unpaired) electrons. The van der Waals surface area contributed by atoms with E-state index in [9.17, 15) is 9.59 Å². The second kappa shape index (κ2) is 10.1. The molecule has 1 aliphatic heterocycles. The number of hydrogen-bond acceptors (Lipinski definition) is 6. The molecule has 158 valence electrons. The van der Waals surface area contributed by atoms with Crippen LogP contribution in [0.25, 0.3) is 6.08 Å². The first-order valence-electron chi connectivity index (χ1n) is 9.23. The molecule has 0 saturated carbocycles. The summed E-state index contributed by atoms with van der Waals surface area (Å²) in [5, 5.41) is -0.301. The second-order valence-corrected chi connectivity index (χ2v) is 8.48. The molecule has 6 nitrogen and oxygen atoms in total. The van der Waals surface area contributed by atoms with Gasteiger partial charge in [0.25, 0.3) is 11.1 Å². The largest absolute Gasteiger partial charge is 0.493 e. The van der Waals surface area contributed by atoms with E-state index in [-0.39, 0.29) is 17.7 Å². The lowest BCUT2D eigenvalue weighted by atomic mass is 10.1. The molecule has 0 spiro atoms. The maximum atomic E-state index is 12.5. The maximum absolute atomic E-state index is 12.5. The molecule has 0 atom stereocenters. The molecule has 2 amide bonds. The quantitative estimate of drug-likeness (QED) is 0.482. The zero-order valence-electron chi connectivity index (χ0n) is 16.9. The highest BCUT2D eigenvalue weighted by Gasteiger charge is 2.34. The lowest BCUT2D eigenvalue weighted by Gasteiger charge is -2.13. The van der Waals surface area contributed by atoms with Gasteiger partial charge in [0.05, 0.1) is 25.2 Å². The third-order valence-electron chi connectivity index (χ3n) is 4.44. The summed E-state index contributed by atoms with van der Waals surface area (Å²) >= 11 is 4.44. The van der Waals surface area contributed by atoms with Crippen LogP contribution in [-0.4, -0.2) is 43.4 Å². The van der Waals surface area contributed by atoms with Gasteiger partial charge in [0, 0.05) is 11.6 Å². The lowest BCUT2D eigenvalue weighted by molar-refractivity contribution is -0.123. The molecular formula is C22H22BrNO5S. The summed E-state index contributed by atoms with van der Waals surface area (Å²) in [6, 6.07) is 11.7. The van der Waals surface area contributed by atoms with E-state index in [1.54, 1.807) is 25.3 Å². The fraction of sp³-hybridized carbons (Fsp3) is 0.273.